The minimum atomic E-state index is -0.142. The molecule has 1 fully saturated rings. The fourth-order valence-electron chi connectivity index (χ4n) is 2.79. The van der Waals surface area contributed by atoms with Crippen LogP contribution >= 0.6 is 11.6 Å². The van der Waals surface area contributed by atoms with Crippen LogP contribution < -0.4 is 5.32 Å². The lowest BCUT2D eigenvalue weighted by atomic mass is 9.82. The average molecular weight is 266 g/mol. The molecule has 0 spiro atoms. The third kappa shape index (κ3) is 2.69. The van der Waals surface area contributed by atoms with Crippen LogP contribution in [0.5, 0.6) is 0 Å². The van der Waals surface area contributed by atoms with E-state index in [-0.39, 0.29) is 11.3 Å². The van der Waals surface area contributed by atoms with Gasteiger partial charge in [-0.3, -0.25) is 4.79 Å². The predicted molar refractivity (Wildman–Crippen MR) is 75.8 cm³/mol. The summed E-state index contributed by atoms with van der Waals surface area (Å²) in [6.45, 7) is 2.11. The number of benzene rings is 1. The first-order valence-corrected chi connectivity index (χ1v) is 7.20. The second-order valence-corrected chi connectivity index (χ2v) is 5.40. The SMILES string of the molecule is CCC1(C(=O)Nc2cccc(CCl)c2)CCCC1. The van der Waals surface area contributed by atoms with Crippen molar-refractivity contribution in [2.75, 3.05) is 5.32 Å². The summed E-state index contributed by atoms with van der Waals surface area (Å²) in [6, 6.07) is 7.77. The Balaban J connectivity index is 2.10. The molecule has 0 aliphatic heterocycles. The summed E-state index contributed by atoms with van der Waals surface area (Å²) < 4.78 is 0. The van der Waals surface area contributed by atoms with E-state index in [1.165, 1.54) is 12.8 Å². The quantitative estimate of drug-likeness (QED) is 0.807. The summed E-state index contributed by atoms with van der Waals surface area (Å²) in [5.41, 5.74) is 1.75. The first-order valence-electron chi connectivity index (χ1n) is 6.66. The smallest absolute Gasteiger partial charge is 0.230 e. The molecule has 0 heterocycles. The number of hydrogen-bond donors (Lipinski definition) is 1. The fraction of sp³-hybridized carbons (Fsp3) is 0.533. The van der Waals surface area contributed by atoms with Crippen LogP contribution in [0.3, 0.4) is 0 Å². The Hall–Kier alpha value is -1.02. The zero-order chi connectivity index (χ0) is 13.0. The fourth-order valence-corrected chi connectivity index (χ4v) is 2.96. The molecule has 0 unspecified atom stereocenters. The average Bonchev–Trinajstić information content (AvgIpc) is 2.89. The first kappa shape index (κ1) is 13.4. The van der Waals surface area contributed by atoms with Crippen molar-refractivity contribution >= 4 is 23.2 Å². The molecule has 98 valence electrons. The Bertz CT molecular complexity index is 424. The third-order valence-corrected chi connectivity index (χ3v) is 4.37. The third-order valence-electron chi connectivity index (χ3n) is 4.06. The largest absolute Gasteiger partial charge is 0.326 e. The highest BCUT2D eigenvalue weighted by atomic mass is 35.5. The van der Waals surface area contributed by atoms with E-state index in [0.717, 1.165) is 30.5 Å². The Morgan fingerprint density at radius 2 is 2.11 bits per heavy atom. The molecule has 1 aromatic carbocycles. The standard InChI is InChI=1S/C15H20ClNO/c1-2-15(8-3-4-9-15)14(18)17-13-7-5-6-12(10-13)11-16/h5-7,10H,2-4,8-9,11H2,1H3,(H,17,18). The number of nitrogens with one attached hydrogen (secondary N) is 1. The summed E-state index contributed by atoms with van der Waals surface area (Å²) in [5, 5.41) is 3.05. The molecule has 18 heavy (non-hydrogen) atoms. The van der Waals surface area contributed by atoms with Gasteiger partial charge in [-0.15, -0.1) is 11.6 Å². The van der Waals surface area contributed by atoms with Crippen molar-refractivity contribution in [3.8, 4) is 0 Å². The minimum Gasteiger partial charge on any atom is -0.326 e. The molecule has 2 nitrogen and oxygen atoms in total. The Labute approximate surface area is 114 Å². The van der Waals surface area contributed by atoms with Crippen molar-refractivity contribution in [2.24, 2.45) is 5.41 Å². The van der Waals surface area contributed by atoms with E-state index >= 15 is 0 Å². The molecule has 1 amide bonds. The van der Waals surface area contributed by atoms with E-state index < -0.39 is 0 Å². The molecule has 0 atom stereocenters. The van der Waals surface area contributed by atoms with Crippen molar-refractivity contribution in [1.29, 1.82) is 0 Å². The Morgan fingerprint density at radius 1 is 1.39 bits per heavy atom. The van der Waals surface area contributed by atoms with Crippen molar-refractivity contribution in [3.05, 3.63) is 29.8 Å². The van der Waals surface area contributed by atoms with Gasteiger partial charge in [0.2, 0.25) is 5.91 Å². The van der Waals surface area contributed by atoms with Gasteiger partial charge in [0.05, 0.1) is 0 Å². The van der Waals surface area contributed by atoms with Crippen LogP contribution in [0.1, 0.15) is 44.6 Å². The highest BCUT2D eigenvalue weighted by Crippen LogP contribution is 2.41. The minimum absolute atomic E-state index is 0.142. The maximum Gasteiger partial charge on any atom is 0.230 e. The molecule has 1 aliphatic carbocycles. The molecule has 2 rings (SSSR count). The van der Waals surface area contributed by atoms with E-state index in [2.05, 4.69) is 12.2 Å². The van der Waals surface area contributed by atoms with Gasteiger partial charge in [-0.1, -0.05) is 31.9 Å². The first-order chi connectivity index (χ1) is 8.70. The number of alkyl halides is 1. The van der Waals surface area contributed by atoms with E-state index in [4.69, 9.17) is 11.6 Å². The Morgan fingerprint density at radius 3 is 2.72 bits per heavy atom. The molecule has 0 saturated heterocycles. The number of amides is 1. The summed E-state index contributed by atoms with van der Waals surface area (Å²) in [5.74, 6) is 0.650. The van der Waals surface area contributed by atoms with E-state index in [9.17, 15) is 4.79 Å². The van der Waals surface area contributed by atoms with Gasteiger partial charge in [0.1, 0.15) is 0 Å². The van der Waals surface area contributed by atoms with Crippen molar-refractivity contribution in [1.82, 2.24) is 0 Å². The molecule has 1 saturated carbocycles. The highest BCUT2D eigenvalue weighted by Gasteiger charge is 2.39. The zero-order valence-electron chi connectivity index (χ0n) is 10.8. The van der Waals surface area contributed by atoms with Gasteiger partial charge in [-0.25, -0.2) is 0 Å². The van der Waals surface area contributed by atoms with Crippen LogP contribution in [0.2, 0.25) is 0 Å². The van der Waals surface area contributed by atoms with Gasteiger partial charge in [-0.05, 0) is 37.0 Å². The van der Waals surface area contributed by atoms with Gasteiger partial charge in [0.25, 0.3) is 0 Å². The van der Waals surface area contributed by atoms with Crippen LogP contribution in [0.15, 0.2) is 24.3 Å². The zero-order valence-corrected chi connectivity index (χ0v) is 11.6. The monoisotopic (exact) mass is 265 g/mol. The summed E-state index contributed by atoms with van der Waals surface area (Å²) >= 11 is 5.80. The molecule has 0 radical (unpaired) electrons. The van der Waals surface area contributed by atoms with Crippen LogP contribution in [0.4, 0.5) is 5.69 Å². The van der Waals surface area contributed by atoms with Crippen molar-refractivity contribution < 1.29 is 4.79 Å². The topological polar surface area (TPSA) is 29.1 Å². The molecule has 3 heteroatoms. The van der Waals surface area contributed by atoms with Gasteiger partial charge >= 0.3 is 0 Å². The highest BCUT2D eigenvalue weighted by molar-refractivity contribution is 6.17. The van der Waals surface area contributed by atoms with Crippen molar-refractivity contribution in [2.45, 2.75) is 44.9 Å². The summed E-state index contributed by atoms with van der Waals surface area (Å²) in [4.78, 5) is 12.4. The molecular formula is C15H20ClNO. The maximum atomic E-state index is 12.4. The van der Waals surface area contributed by atoms with Crippen molar-refractivity contribution in [3.63, 3.8) is 0 Å². The number of hydrogen-bond acceptors (Lipinski definition) is 1. The lowest BCUT2D eigenvalue weighted by molar-refractivity contribution is -0.125. The van der Waals surface area contributed by atoms with Gasteiger partial charge in [0.15, 0.2) is 0 Å². The molecule has 0 bridgehead atoms. The normalized spacial score (nSPS) is 17.7. The second-order valence-electron chi connectivity index (χ2n) is 5.13. The lowest BCUT2D eigenvalue weighted by Gasteiger charge is -2.26. The van der Waals surface area contributed by atoms with Gasteiger partial charge < -0.3 is 5.32 Å². The summed E-state index contributed by atoms with van der Waals surface area (Å²) in [7, 11) is 0. The number of carbonyl (C=O) groups excluding carboxylic acids is 1. The van der Waals surface area contributed by atoms with Gasteiger partial charge in [-0.2, -0.15) is 0 Å². The number of rotatable bonds is 4. The van der Waals surface area contributed by atoms with E-state index in [0.29, 0.717) is 5.88 Å². The van der Waals surface area contributed by atoms with E-state index in [1.54, 1.807) is 0 Å². The predicted octanol–water partition coefficient (Wildman–Crippen LogP) is 4.33. The number of anilines is 1. The van der Waals surface area contributed by atoms with Crippen LogP contribution in [-0.4, -0.2) is 5.91 Å². The van der Waals surface area contributed by atoms with Crippen LogP contribution in [0.25, 0.3) is 0 Å². The van der Waals surface area contributed by atoms with Crippen LogP contribution in [0, 0.1) is 5.41 Å². The molecule has 1 aliphatic rings. The molecule has 0 aromatic heterocycles. The molecule has 1 aromatic rings. The van der Waals surface area contributed by atoms with Gasteiger partial charge in [0, 0.05) is 17.0 Å². The van der Waals surface area contributed by atoms with E-state index in [1.807, 2.05) is 24.3 Å². The summed E-state index contributed by atoms with van der Waals surface area (Å²) in [6.07, 6.45) is 5.30. The Kier molecular flexibility index (Phi) is 4.28. The lowest BCUT2D eigenvalue weighted by Crippen LogP contribution is -2.33. The maximum absolute atomic E-state index is 12.4. The van der Waals surface area contributed by atoms with Crippen LogP contribution in [-0.2, 0) is 10.7 Å². The number of carbonyl (C=O) groups is 1. The second kappa shape index (κ2) is 5.75. The molecular weight excluding hydrogens is 246 g/mol. The molecule has 1 N–H and O–H groups in total. The number of halogens is 1.